The van der Waals surface area contributed by atoms with E-state index < -0.39 is 0 Å². The van der Waals surface area contributed by atoms with Gasteiger partial charge in [0.25, 0.3) is 0 Å². The molecule has 0 rings (SSSR count). The minimum absolute atomic E-state index is 0.324. The molecule has 0 aliphatic heterocycles. The number of halogens is 1. The molecule has 0 fully saturated rings. The first-order chi connectivity index (χ1) is 4.31. The number of hydrogen-bond donors (Lipinski definition) is 0. The molecule has 0 N–H and O–H groups in total. The van der Waals surface area contributed by atoms with Gasteiger partial charge in [-0.3, -0.25) is 4.99 Å². The van der Waals surface area contributed by atoms with Crippen LogP contribution in [0.2, 0.25) is 0 Å². The minimum atomic E-state index is -0.324. The number of hydrogen-bond acceptors (Lipinski definition) is 1. The van der Waals surface area contributed by atoms with Crippen molar-refractivity contribution < 1.29 is 4.39 Å². The van der Waals surface area contributed by atoms with Gasteiger partial charge in [-0.2, -0.15) is 0 Å². The summed E-state index contributed by atoms with van der Waals surface area (Å²) in [5, 5.41) is 0. The van der Waals surface area contributed by atoms with Crippen LogP contribution in [0.5, 0.6) is 0 Å². The second kappa shape index (κ2) is 5.22. The Morgan fingerprint density at radius 3 is 2.56 bits per heavy atom. The SMILES string of the molecule is CC=N/C=C(F)\C=C/C. The first-order valence-electron chi connectivity index (χ1n) is 2.77. The summed E-state index contributed by atoms with van der Waals surface area (Å²) in [6, 6.07) is 0. The topological polar surface area (TPSA) is 12.4 Å². The van der Waals surface area contributed by atoms with Gasteiger partial charge in [0, 0.05) is 6.21 Å². The van der Waals surface area contributed by atoms with Crippen molar-refractivity contribution in [3.05, 3.63) is 24.2 Å². The van der Waals surface area contributed by atoms with Gasteiger partial charge in [0.2, 0.25) is 0 Å². The summed E-state index contributed by atoms with van der Waals surface area (Å²) in [4.78, 5) is 3.58. The molecule has 0 aromatic heterocycles. The summed E-state index contributed by atoms with van der Waals surface area (Å²) < 4.78 is 12.3. The van der Waals surface area contributed by atoms with Gasteiger partial charge in [0.1, 0.15) is 5.83 Å². The fraction of sp³-hybridized carbons (Fsp3) is 0.286. The Bertz CT molecular complexity index is 145. The lowest BCUT2D eigenvalue weighted by Gasteiger charge is -1.78. The van der Waals surface area contributed by atoms with Crippen LogP contribution >= 0.6 is 0 Å². The molecule has 0 aliphatic rings. The Kier molecular flexibility index (Phi) is 4.69. The van der Waals surface area contributed by atoms with Crippen LogP contribution in [0.25, 0.3) is 0 Å². The lowest BCUT2D eigenvalue weighted by atomic mass is 10.5. The first kappa shape index (κ1) is 8.08. The van der Waals surface area contributed by atoms with Crippen molar-refractivity contribution in [1.29, 1.82) is 0 Å². The highest BCUT2D eigenvalue weighted by Gasteiger charge is 1.79. The van der Waals surface area contributed by atoms with E-state index in [0.717, 1.165) is 0 Å². The predicted octanol–water partition coefficient (Wildman–Crippen LogP) is 2.46. The molecule has 1 nitrogen and oxygen atoms in total. The van der Waals surface area contributed by atoms with Gasteiger partial charge in [-0.05, 0) is 19.9 Å². The fourth-order valence-electron chi connectivity index (χ4n) is 0.348. The van der Waals surface area contributed by atoms with Crippen LogP contribution in [0.1, 0.15) is 13.8 Å². The number of nitrogens with zero attached hydrogens (tertiary/aromatic N) is 1. The van der Waals surface area contributed by atoms with Crippen LogP contribution in [0.4, 0.5) is 4.39 Å². The highest BCUT2D eigenvalue weighted by molar-refractivity contribution is 5.54. The van der Waals surface area contributed by atoms with Gasteiger partial charge in [-0.15, -0.1) is 0 Å². The maximum atomic E-state index is 12.3. The van der Waals surface area contributed by atoms with Crippen LogP contribution < -0.4 is 0 Å². The number of allylic oxidation sites excluding steroid dienone is 3. The zero-order chi connectivity index (χ0) is 7.11. The highest BCUT2D eigenvalue weighted by Crippen LogP contribution is 1.96. The second-order valence-corrected chi connectivity index (χ2v) is 1.42. The van der Waals surface area contributed by atoms with Gasteiger partial charge in [0.15, 0.2) is 0 Å². The molecule has 0 saturated carbocycles. The van der Waals surface area contributed by atoms with Crippen molar-refractivity contribution >= 4 is 6.21 Å². The standard InChI is InChI=1S/C7H10FN/c1-3-5-7(8)6-9-4-2/h3-6H,1-2H3/b5-3-,7-6+,9-4?. The molecule has 50 valence electrons. The maximum absolute atomic E-state index is 12.3. The Labute approximate surface area is 54.6 Å². The van der Waals surface area contributed by atoms with E-state index >= 15 is 0 Å². The number of rotatable bonds is 2. The fourth-order valence-corrected chi connectivity index (χ4v) is 0.348. The maximum Gasteiger partial charge on any atom is 0.141 e. The number of aliphatic imine (C=N–C) groups is 1. The lowest BCUT2D eigenvalue weighted by molar-refractivity contribution is 0.663. The summed E-state index contributed by atoms with van der Waals surface area (Å²) >= 11 is 0. The van der Waals surface area contributed by atoms with Crippen LogP contribution in [0.3, 0.4) is 0 Å². The smallest absolute Gasteiger partial charge is 0.141 e. The van der Waals surface area contributed by atoms with Gasteiger partial charge >= 0.3 is 0 Å². The van der Waals surface area contributed by atoms with Gasteiger partial charge in [-0.25, -0.2) is 4.39 Å². The van der Waals surface area contributed by atoms with E-state index in [0.29, 0.717) is 0 Å². The average molecular weight is 127 g/mol. The molecule has 0 bridgehead atoms. The Morgan fingerprint density at radius 2 is 2.11 bits per heavy atom. The minimum Gasteiger partial charge on any atom is -0.266 e. The molecule has 0 saturated heterocycles. The Hall–Kier alpha value is -0.920. The van der Waals surface area contributed by atoms with E-state index in [1.807, 2.05) is 0 Å². The van der Waals surface area contributed by atoms with E-state index in [1.54, 1.807) is 19.9 Å². The molecule has 0 unspecified atom stereocenters. The van der Waals surface area contributed by atoms with Crippen LogP contribution in [0, 0.1) is 0 Å². The van der Waals surface area contributed by atoms with Crippen molar-refractivity contribution in [2.45, 2.75) is 13.8 Å². The molecule has 0 spiro atoms. The van der Waals surface area contributed by atoms with Crippen molar-refractivity contribution in [1.82, 2.24) is 0 Å². The quantitative estimate of drug-likeness (QED) is 0.399. The van der Waals surface area contributed by atoms with E-state index in [4.69, 9.17) is 0 Å². The molecule has 0 aromatic rings. The van der Waals surface area contributed by atoms with Crippen molar-refractivity contribution in [3.63, 3.8) is 0 Å². The second-order valence-electron chi connectivity index (χ2n) is 1.42. The monoisotopic (exact) mass is 127 g/mol. The third-order valence-electron chi connectivity index (χ3n) is 0.673. The molecule has 9 heavy (non-hydrogen) atoms. The third-order valence-corrected chi connectivity index (χ3v) is 0.673. The zero-order valence-electron chi connectivity index (χ0n) is 5.63. The van der Waals surface area contributed by atoms with Crippen LogP contribution in [-0.2, 0) is 0 Å². The van der Waals surface area contributed by atoms with Crippen molar-refractivity contribution in [3.8, 4) is 0 Å². The molecule has 0 aromatic carbocycles. The normalized spacial score (nSPS) is 13.9. The van der Waals surface area contributed by atoms with Crippen molar-refractivity contribution in [2.75, 3.05) is 0 Å². The first-order valence-corrected chi connectivity index (χ1v) is 2.77. The molecule has 0 radical (unpaired) electrons. The zero-order valence-corrected chi connectivity index (χ0v) is 5.63. The molecule has 0 atom stereocenters. The molecular formula is C7H10FN. The molecule has 0 amide bonds. The summed E-state index contributed by atoms with van der Waals surface area (Å²) in [5.41, 5.74) is 0. The highest BCUT2D eigenvalue weighted by atomic mass is 19.1. The third kappa shape index (κ3) is 4.94. The lowest BCUT2D eigenvalue weighted by Crippen LogP contribution is -1.62. The van der Waals surface area contributed by atoms with Crippen LogP contribution in [0.15, 0.2) is 29.2 Å². The molecule has 0 heterocycles. The molecule has 0 aliphatic carbocycles. The summed E-state index contributed by atoms with van der Waals surface area (Å²) in [6.45, 7) is 3.49. The van der Waals surface area contributed by atoms with E-state index in [1.165, 1.54) is 18.5 Å². The van der Waals surface area contributed by atoms with E-state index in [-0.39, 0.29) is 5.83 Å². The summed E-state index contributed by atoms with van der Waals surface area (Å²) in [7, 11) is 0. The Balaban J connectivity index is 3.84. The molecule has 2 heteroatoms. The largest absolute Gasteiger partial charge is 0.266 e. The van der Waals surface area contributed by atoms with E-state index in [9.17, 15) is 4.39 Å². The van der Waals surface area contributed by atoms with Gasteiger partial charge in [-0.1, -0.05) is 6.08 Å². The Morgan fingerprint density at radius 1 is 1.44 bits per heavy atom. The molecular weight excluding hydrogens is 117 g/mol. The van der Waals surface area contributed by atoms with Gasteiger partial charge in [0.05, 0.1) is 6.20 Å². The van der Waals surface area contributed by atoms with Gasteiger partial charge < -0.3 is 0 Å². The average Bonchev–Trinajstić information content (AvgIpc) is 1.85. The van der Waals surface area contributed by atoms with E-state index in [2.05, 4.69) is 4.99 Å². The van der Waals surface area contributed by atoms with Crippen LogP contribution in [-0.4, -0.2) is 6.21 Å². The predicted molar refractivity (Wildman–Crippen MR) is 38.2 cm³/mol. The van der Waals surface area contributed by atoms with Crippen molar-refractivity contribution in [2.24, 2.45) is 4.99 Å². The summed E-state index contributed by atoms with van der Waals surface area (Å²) in [5.74, 6) is -0.324. The summed E-state index contributed by atoms with van der Waals surface area (Å²) in [6.07, 6.45) is 5.67.